The molecule has 0 amide bonds. The molecule has 1 aromatic carbocycles. The number of hydrogen-bond donors (Lipinski definition) is 2. The Labute approximate surface area is 118 Å². The van der Waals surface area contributed by atoms with Crippen LogP contribution in [0.2, 0.25) is 0 Å². The maximum Gasteiger partial charge on any atom is 0.107 e. The van der Waals surface area contributed by atoms with Crippen LogP contribution in [0.1, 0.15) is 17.7 Å². The fourth-order valence-electron chi connectivity index (χ4n) is 2.65. The molecule has 0 unspecified atom stereocenters. The minimum absolute atomic E-state index is 0.404. The van der Waals surface area contributed by atoms with E-state index in [1.807, 2.05) is 25.1 Å². The molecule has 4 nitrogen and oxygen atoms in total. The van der Waals surface area contributed by atoms with Gasteiger partial charge >= 0.3 is 0 Å². The van der Waals surface area contributed by atoms with E-state index in [2.05, 4.69) is 23.3 Å². The van der Waals surface area contributed by atoms with Crippen molar-refractivity contribution in [2.75, 3.05) is 25.1 Å². The molecule has 0 aliphatic carbocycles. The van der Waals surface area contributed by atoms with Crippen molar-refractivity contribution in [3.05, 3.63) is 35.5 Å². The highest BCUT2D eigenvalue weighted by Gasteiger charge is 2.32. The molecule has 1 fully saturated rings. The third-order valence-corrected chi connectivity index (χ3v) is 4.06. The quantitative estimate of drug-likeness (QED) is 0.901. The van der Waals surface area contributed by atoms with Gasteiger partial charge in [0.05, 0.1) is 12.1 Å². The molecule has 20 heavy (non-hydrogen) atoms. The van der Waals surface area contributed by atoms with E-state index >= 15 is 0 Å². The smallest absolute Gasteiger partial charge is 0.107 e. The van der Waals surface area contributed by atoms with Crippen molar-refractivity contribution in [1.29, 1.82) is 0 Å². The summed E-state index contributed by atoms with van der Waals surface area (Å²) in [5.41, 5.74) is 3.43. The number of para-hydroxylation sites is 1. The topological polar surface area (TPSA) is 54.4 Å². The Bertz CT molecular complexity index is 634. The summed E-state index contributed by atoms with van der Waals surface area (Å²) in [4.78, 5) is 4.61. The SMILES string of the molecule is Cc1nc2ccccc2c(NC[C@]2(O)CCOC2)c1C. The van der Waals surface area contributed by atoms with Gasteiger partial charge in [0.2, 0.25) is 0 Å². The van der Waals surface area contributed by atoms with E-state index in [1.54, 1.807) is 0 Å². The Hall–Kier alpha value is -1.65. The van der Waals surface area contributed by atoms with Crippen LogP contribution in [0.25, 0.3) is 10.9 Å². The van der Waals surface area contributed by atoms with Crippen molar-refractivity contribution in [3.63, 3.8) is 0 Å². The maximum atomic E-state index is 10.4. The van der Waals surface area contributed by atoms with Crippen LogP contribution in [0.5, 0.6) is 0 Å². The molecular formula is C16H20N2O2. The van der Waals surface area contributed by atoms with Crippen molar-refractivity contribution in [1.82, 2.24) is 4.98 Å². The van der Waals surface area contributed by atoms with Crippen molar-refractivity contribution < 1.29 is 9.84 Å². The van der Waals surface area contributed by atoms with Crippen LogP contribution < -0.4 is 5.32 Å². The predicted molar refractivity (Wildman–Crippen MR) is 80.1 cm³/mol. The lowest BCUT2D eigenvalue weighted by Gasteiger charge is -2.23. The molecule has 2 N–H and O–H groups in total. The highest BCUT2D eigenvalue weighted by atomic mass is 16.5. The van der Waals surface area contributed by atoms with Crippen LogP contribution in [-0.2, 0) is 4.74 Å². The molecule has 1 aliphatic heterocycles. The van der Waals surface area contributed by atoms with Gasteiger partial charge in [0.25, 0.3) is 0 Å². The first-order chi connectivity index (χ1) is 9.59. The summed E-state index contributed by atoms with van der Waals surface area (Å²) in [5, 5.41) is 14.9. The van der Waals surface area contributed by atoms with Gasteiger partial charge in [-0.05, 0) is 25.5 Å². The fourth-order valence-corrected chi connectivity index (χ4v) is 2.65. The van der Waals surface area contributed by atoms with E-state index in [1.165, 1.54) is 0 Å². The van der Waals surface area contributed by atoms with Crippen LogP contribution in [-0.4, -0.2) is 35.5 Å². The number of nitrogens with zero attached hydrogens (tertiary/aromatic N) is 1. The maximum absolute atomic E-state index is 10.4. The largest absolute Gasteiger partial charge is 0.386 e. The lowest BCUT2D eigenvalue weighted by molar-refractivity contribution is 0.0382. The number of anilines is 1. The van der Waals surface area contributed by atoms with Crippen LogP contribution in [0, 0.1) is 13.8 Å². The Morgan fingerprint density at radius 2 is 2.15 bits per heavy atom. The van der Waals surface area contributed by atoms with E-state index in [4.69, 9.17) is 4.74 Å². The van der Waals surface area contributed by atoms with Gasteiger partial charge in [0, 0.05) is 36.3 Å². The second-order valence-corrected chi connectivity index (χ2v) is 5.59. The van der Waals surface area contributed by atoms with Gasteiger partial charge in [0.1, 0.15) is 5.60 Å². The Morgan fingerprint density at radius 1 is 1.35 bits per heavy atom. The third kappa shape index (κ3) is 2.37. The number of aromatic nitrogens is 1. The van der Waals surface area contributed by atoms with Gasteiger partial charge in [-0.3, -0.25) is 4.98 Å². The first kappa shape index (κ1) is 13.3. The molecule has 1 atom stereocenters. The summed E-state index contributed by atoms with van der Waals surface area (Å²) in [6.45, 7) is 5.61. The number of nitrogens with one attached hydrogen (secondary N) is 1. The van der Waals surface area contributed by atoms with E-state index in [9.17, 15) is 5.11 Å². The highest BCUT2D eigenvalue weighted by molar-refractivity contribution is 5.93. The van der Waals surface area contributed by atoms with Crippen LogP contribution >= 0.6 is 0 Å². The molecule has 106 valence electrons. The van der Waals surface area contributed by atoms with Crippen molar-refractivity contribution >= 4 is 16.6 Å². The van der Waals surface area contributed by atoms with Crippen molar-refractivity contribution in [3.8, 4) is 0 Å². The number of pyridine rings is 1. The molecule has 2 heterocycles. The molecule has 0 spiro atoms. The standard InChI is InChI=1S/C16H20N2O2/c1-11-12(2)18-14-6-4-3-5-13(14)15(11)17-9-16(19)7-8-20-10-16/h3-6,19H,7-10H2,1-2H3,(H,17,18)/t16-/m1/s1. The summed E-state index contributed by atoms with van der Waals surface area (Å²) >= 11 is 0. The van der Waals surface area contributed by atoms with E-state index in [0.717, 1.165) is 27.8 Å². The van der Waals surface area contributed by atoms with Crippen LogP contribution in [0.15, 0.2) is 24.3 Å². The average molecular weight is 272 g/mol. The zero-order chi connectivity index (χ0) is 14.2. The number of hydrogen-bond acceptors (Lipinski definition) is 4. The second kappa shape index (κ2) is 5.04. The number of rotatable bonds is 3. The molecule has 0 saturated carbocycles. The molecule has 3 rings (SSSR count). The summed E-state index contributed by atoms with van der Waals surface area (Å²) in [5.74, 6) is 0. The zero-order valence-electron chi connectivity index (χ0n) is 11.9. The summed E-state index contributed by atoms with van der Waals surface area (Å²) < 4.78 is 5.29. The molecule has 1 aromatic heterocycles. The molecule has 1 saturated heterocycles. The summed E-state index contributed by atoms with van der Waals surface area (Å²) in [7, 11) is 0. The van der Waals surface area contributed by atoms with E-state index < -0.39 is 5.60 Å². The first-order valence-corrected chi connectivity index (χ1v) is 6.99. The Kier molecular flexibility index (Phi) is 3.36. The molecule has 0 radical (unpaired) electrons. The molecule has 1 aliphatic rings. The predicted octanol–water partition coefficient (Wildman–Crippen LogP) is 2.41. The van der Waals surface area contributed by atoms with Crippen molar-refractivity contribution in [2.24, 2.45) is 0 Å². The van der Waals surface area contributed by atoms with Crippen molar-refractivity contribution in [2.45, 2.75) is 25.9 Å². The number of ether oxygens (including phenoxy) is 1. The number of fused-ring (bicyclic) bond motifs is 1. The monoisotopic (exact) mass is 272 g/mol. The highest BCUT2D eigenvalue weighted by Crippen LogP contribution is 2.29. The average Bonchev–Trinajstić information content (AvgIpc) is 2.87. The third-order valence-electron chi connectivity index (χ3n) is 4.06. The summed E-state index contributed by atoms with van der Waals surface area (Å²) in [6.07, 6.45) is 0.682. The minimum Gasteiger partial charge on any atom is -0.386 e. The van der Waals surface area contributed by atoms with Gasteiger partial charge in [0.15, 0.2) is 0 Å². The van der Waals surface area contributed by atoms with E-state index in [0.29, 0.717) is 26.2 Å². The van der Waals surface area contributed by atoms with E-state index in [-0.39, 0.29) is 0 Å². The van der Waals surface area contributed by atoms with Gasteiger partial charge in [-0.1, -0.05) is 18.2 Å². The Morgan fingerprint density at radius 3 is 2.90 bits per heavy atom. The molecule has 0 bridgehead atoms. The van der Waals surface area contributed by atoms with Gasteiger partial charge in [-0.25, -0.2) is 0 Å². The second-order valence-electron chi connectivity index (χ2n) is 5.59. The number of aryl methyl sites for hydroxylation is 1. The lowest BCUT2D eigenvalue weighted by atomic mass is 10.0. The number of aliphatic hydroxyl groups is 1. The molecule has 2 aromatic rings. The molecular weight excluding hydrogens is 252 g/mol. The number of benzene rings is 1. The first-order valence-electron chi connectivity index (χ1n) is 6.99. The zero-order valence-corrected chi connectivity index (χ0v) is 11.9. The lowest BCUT2D eigenvalue weighted by Crippen LogP contribution is -2.37. The normalized spacial score (nSPS) is 22.4. The summed E-state index contributed by atoms with van der Waals surface area (Å²) in [6, 6.07) is 8.08. The fraction of sp³-hybridized carbons (Fsp3) is 0.438. The van der Waals surface area contributed by atoms with Gasteiger partial charge < -0.3 is 15.2 Å². The van der Waals surface area contributed by atoms with Crippen LogP contribution in [0.4, 0.5) is 5.69 Å². The van der Waals surface area contributed by atoms with Crippen LogP contribution in [0.3, 0.4) is 0 Å². The minimum atomic E-state index is -0.759. The molecule has 4 heteroatoms. The Balaban J connectivity index is 1.95. The van der Waals surface area contributed by atoms with Gasteiger partial charge in [-0.2, -0.15) is 0 Å². The van der Waals surface area contributed by atoms with Gasteiger partial charge in [-0.15, -0.1) is 0 Å².